The van der Waals surface area contributed by atoms with E-state index in [0.717, 1.165) is 81.6 Å². The minimum absolute atomic E-state index is 0.0205. The van der Waals surface area contributed by atoms with Crippen LogP contribution in [-0.2, 0) is 22.4 Å². The molecule has 3 heterocycles. The van der Waals surface area contributed by atoms with Gasteiger partial charge in [-0.2, -0.15) is 0 Å². The minimum Gasteiger partial charge on any atom is -0.392 e. The number of aliphatic hydroxyl groups excluding tert-OH is 1. The molecule has 38 heavy (non-hydrogen) atoms. The number of rotatable bonds is 9. The molecule has 0 aromatic carbocycles. The Morgan fingerprint density at radius 2 is 2.13 bits per heavy atom. The molecule has 2 aliphatic carbocycles. The summed E-state index contributed by atoms with van der Waals surface area (Å²) in [5.41, 5.74) is 2.22. The maximum atomic E-state index is 13.1. The quantitative estimate of drug-likeness (QED) is 0.448. The van der Waals surface area contributed by atoms with Gasteiger partial charge >= 0.3 is 0 Å². The van der Waals surface area contributed by atoms with E-state index in [9.17, 15) is 9.90 Å². The van der Waals surface area contributed by atoms with Crippen molar-refractivity contribution in [2.45, 2.75) is 58.5 Å². The summed E-state index contributed by atoms with van der Waals surface area (Å²) >= 11 is 1.76. The van der Waals surface area contributed by atoms with Gasteiger partial charge in [-0.1, -0.05) is 26.8 Å². The van der Waals surface area contributed by atoms with Gasteiger partial charge in [0, 0.05) is 67.7 Å². The fourth-order valence-corrected chi connectivity index (χ4v) is 8.27. The fourth-order valence-electron chi connectivity index (χ4n) is 6.98. The Labute approximate surface area is 230 Å². The lowest BCUT2D eigenvalue weighted by atomic mass is 9.53. The summed E-state index contributed by atoms with van der Waals surface area (Å²) in [5, 5.41) is 19.3. The highest BCUT2D eigenvalue weighted by molar-refractivity contribution is 7.15. The lowest BCUT2D eigenvalue weighted by Gasteiger charge is -2.53. The maximum Gasteiger partial charge on any atom is 0.223 e. The average molecular weight is 542 g/mol. The van der Waals surface area contributed by atoms with E-state index >= 15 is 0 Å². The van der Waals surface area contributed by atoms with Crippen molar-refractivity contribution in [1.82, 2.24) is 20.2 Å². The first-order valence-electron chi connectivity index (χ1n) is 14.2. The number of aliphatic hydroxyl groups is 1. The molecular weight excluding hydrogens is 498 g/mol. The summed E-state index contributed by atoms with van der Waals surface area (Å²) in [5.74, 6) is 0.0619. The summed E-state index contributed by atoms with van der Waals surface area (Å²) < 4.78 is 5.41. The number of anilines is 1. The van der Waals surface area contributed by atoms with Gasteiger partial charge in [0.15, 0.2) is 5.13 Å². The zero-order valence-corrected chi connectivity index (χ0v) is 23.8. The largest absolute Gasteiger partial charge is 0.392 e. The number of morpholine rings is 1. The monoisotopic (exact) mass is 541 g/mol. The average Bonchev–Trinajstić information content (AvgIpc) is 3.32. The van der Waals surface area contributed by atoms with Gasteiger partial charge in [-0.05, 0) is 48.6 Å². The lowest BCUT2D eigenvalue weighted by molar-refractivity contribution is -0.134. The van der Waals surface area contributed by atoms with Crippen molar-refractivity contribution in [2.75, 3.05) is 51.3 Å². The Bertz CT molecular complexity index is 1080. The van der Waals surface area contributed by atoms with Crippen LogP contribution in [0.5, 0.6) is 0 Å². The number of thiazole rings is 1. The molecule has 1 aliphatic heterocycles. The predicted octanol–water partition coefficient (Wildman–Crippen LogP) is 3.33. The van der Waals surface area contributed by atoms with Gasteiger partial charge in [-0.25, -0.2) is 4.98 Å². The Balaban J connectivity index is 1.19. The van der Waals surface area contributed by atoms with E-state index in [1.165, 1.54) is 4.88 Å². The normalized spacial score (nSPS) is 30.2. The van der Waals surface area contributed by atoms with Gasteiger partial charge in [0.05, 0.1) is 25.0 Å². The zero-order valence-electron chi connectivity index (χ0n) is 23.0. The van der Waals surface area contributed by atoms with Gasteiger partial charge in [0.2, 0.25) is 5.91 Å². The summed E-state index contributed by atoms with van der Waals surface area (Å²) in [6.07, 6.45) is 5.01. The molecule has 1 saturated heterocycles. The highest BCUT2D eigenvalue weighted by atomic mass is 32.1. The van der Waals surface area contributed by atoms with Gasteiger partial charge in [-0.15, -0.1) is 11.3 Å². The van der Waals surface area contributed by atoms with Crippen LogP contribution in [0, 0.1) is 23.2 Å². The number of nitrogens with zero attached hydrogens (tertiary/aromatic N) is 3. The first-order valence-corrected chi connectivity index (χ1v) is 15.1. The van der Waals surface area contributed by atoms with E-state index in [4.69, 9.17) is 9.72 Å². The first kappa shape index (κ1) is 27.5. The topological polar surface area (TPSA) is 99.6 Å². The number of fused-ring (bicyclic) bond motifs is 2. The molecule has 6 atom stereocenters. The number of amides is 1. The summed E-state index contributed by atoms with van der Waals surface area (Å²) in [4.78, 5) is 26.1. The number of carbonyl (C=O) groups is 1. The van der Waals surface area contributed by atoms with Crippen LogP contribution < -0.4 is 10.6 Å². The molecule has 0 unspecified atom stereocenters. The van der Waals surface area contributed by atoms with E-state index in [1.54, 1.807) is 11.3 Å². The van der Waals surface area contributed by atoms with Crippen molar-refractivity contribution in [3.63, 3.8) is 0 Å². The predicted molar refractivity (Wildman–Crippen MR) is 150 cm³/mol. The molecule has 8 nitrogen and oxygen atoms in total. The number of ether oxygens (including phenoxy) is 1. The molecule has 3 N–H and O–H groups in total. The molecule has 2 aromatic rings. The fraction of sp³-hybridized carbons (Fsp3) is 0.690. The van der Waals surface area contributed by atoms with E-state index in [1.807, 2.05) is 31.3 Å². The second kappa shape index (κ2) is 12.0. The third kappa shape index (κ3) is 5.91. The zero-order chi connectivity index (χ0) is 26.7. The molecule has 2 fully saturated rings. The number of hydrogen-bond acceptors (Lipinski definition) is 8. The second-order valence-corrected chi connectivity index (χ2v) is 12.8. The summed E-state index contributed by atoms with van der Waals surface area (Å²) in [7, 11) is 0. The highest BCUT2D eigenvalue weighted by Gasteiger charge is 2.53. The van der Waals surface area contributed by atoms with Crippen LogP contribution in [0.15, 0.2) is 24.4 Å². The molecule has 0 bridgehead atoms. The Morgan fingerprint density at radius 3 is 2.89 bits per heavy atom. The van der Waals surface area contributed by atoms with E-state index in [0.29, 0.717) is 6.54 Å². The van der Waals surface area contributed by atoms with Crippen LogP contribution in [0.2, 0.25) is 0 Å². The van der Waals surface area contributed by atoms with E-state index < -0.39 is 6.10 Å². The molecule has 5 rings (SSSR count). The summed E-state index contributed by atoms with van der Waals surface area (Å²) in [6.45, 7) is 12.2. The van der Waals surface area contributed by atoms with Crippen molar-refractivity contribution in [3.8, 4) is 0 Å². The first-order chi connectivity index (χ1) is 18.4. The maximum absolute atomic E-state index is 13.1. The molecular formula is C29H43N5O3S. The lowest BCUT2D eigenvalue weighted by Crippen LogP contribution is -2.53. The minimum atomic E-state index is -0.515. The molecule has 0 spiro atoms. The van der Waals surface area contributed by atoms with Crippen molar-refractivity contribution in [1.29, 1.82) is 0 Å². The Hall–Kier alpha value is -2.07. The third-order valence-corrected chi connectivity index (χ3v) is 10.2. The molecule has 9 heteroatoms. The van der Waals surface area contributed by atoms with Gasteiger partial charge in [0.25, 0.3) is 0 Å². The third-order valence-electron chi connectivity index (χ3n) is 9.19. The highest BCUT2D eigenvalue weighted by Crippen LogP contribution is 2.57. The van der Waals surface area contributed by atoms with Crippen LogP contribution in [0.4, 0.5) is 5.13 Å². The van der Waals surface area contributed by atoms with Gasteiger partial charge < -0.3 is 20.5 Å². The van der Waals surface area contributed by atoms with Crippen LogP contribution >= 0.6 is 11.3 Å². The van der Waals surface area contributed by atoms with Gasteiger partial charge in [-0.3, -0.25) is 14.7 Å². The van der Waals surface area contributed by atoms with Crippen LogP contribution in [-0.4, -0.2) is 77.9 Å². The smallest absolute Gasteiger partial charge is 0.223 e. The SMILES string of the molecule is C[C@H](C(=O)NCCN1CCOCC1)[C@@H]1CC[C@@]2(C)Cc3sc(NCCc4ccccn4)nc3[C@@H](C)[C@@H]2[C@H]1O. The van der Waals surface area contributed by atoms with Gasteiger partial charge in [0.1, 0.15) is 0 Å². The van der Waals surface area contributed by atoms with E-state index in [-0.39, 0.29) is 35.0 Å². The standard InChI is InChI=1S/C29H43N5O3S/c1-19(27(36)31-12-13-34-14-16-37-17-15-34)22-7-9-29(3)18-23-25(20(2)24(29)26(22)35)33-28(38-23)32-11-8-21-6-4-5-10-30-21/h4-6,10,19-20,22,24,26,35H,7-9,11-18H2,1-3H3,(H,31,36)(H,32,33)/t19-,20-,22-,24+,26-,29-/m0/s1. The number of aromatic nitrogens is 2. The van der Waals surface area contributed by atoms with Crippen molar-refractivity contribution in [2.24, 2.45) is 23.2 Å². The van der Waals surface area contributed by atoms with Crippen LogP contribution in [0.3, 0.4) is 0 Å². The number of nitrogens with one attached hydrogen (secondary N) is 2. The number of pyridine rings is 1. The summed E-state index contributed by atoms with van der Waals surface area (Å²) in [6, 6.07) is 6.00. The second-order valence-electron chi connectivity index (χ2n) is 11.7. The number of hydrogen-bond donors (Lipinski definition) is 3. The van der Waals surface area contributed by atoms with E-state index in [2.05, 4.69) is 34.4 Å². The molecule has 1 saturated carbocycles. The molecule has 1 amide bonds. The Kier molecular flexibility index (Phi) is 8.67. The van der Waals surface area contributed by atoms with Crippen molar-refractivity contribution in [3.05, 3.63) is 40.7 Å². The molecule has 3 aliphatic rings. The molecule has 2 aromatic heterocycles. The molecule has 208 valence electrons. The van der Waals surface area contributed by atoms with Crippen molar-refractivity contribution >= 4 is 22.4 Å². The van der Waals surface area contributed by atoms with Crippen LogP contribution in [0.1, 0.15) is 55.8 Å². The van der Waals surface area contributed by atoms with Crippen LogP contribution in [0.25, 0.3) is 0 Å². The van der Waals surface area contributed by atoms with Crippen molar-refractivity contribution < 1.29 is 14.6 Å². The Morgan fingerprint density at radius 1 is 1.32 bits per heavy atom. The molecule has 0 radical (unpaired) electrons. The number of carbonyl (C=O) groups excluding carboxylic acids is 1.